The van der Waals surface area contributed by atoms with Gasteiger partial charge in [0.15, 0.2) is 0 Å². The number of nitro benzene ring substituents is 1. The van der Waals surface area contributed by atoms with Crippen molar-refractivity contribution in [3.05, 3.63) is 82.9 Å². The Morgan fingerprint density at radius 2 is 1.26 bits per heavy atom. The Labute approximate surface area is 155 Å². The van der Waals surface area contributed by atoms with Gasteiger partial charge < -0.3 is 10.6 Å². The first-order chi connectivity index (χ1) is 12.9. The van der Waals surface area contributed by atoms with E-state index >= 15 is 0 Å². The first-order valence-corrected chi connectivity index (χ1v) is 9.23. The van der Waals surface area contributed by atoms with Gasteiger partial charge in [-0.2, -0.15) is 8.42 Å². The minimum Gasteiger partial charge on any atom is -0.352 e. The molecular weight excluding hydrogens is 370 g/mol. The summed E-state index contributed by atoms with van der Waals surface area (Å²) in [4.78, 5) is 10.4. The second kappa shape index (κ2) is 7.44. The molecule has 0 bridgehead atoms. The number of nitrogens with one attached hydrogen (secondary N) is 2. The first-order valence-electron chi connectivity index (χ1n) is 7.79. The second-order valence-corrected chi connectivity index (χ2v) is 6.94. The predicted molar refractivity (Wildman–Crippen MR) is 102 cm³/mol. The van der Waals surface area contributed by atoms with Crippen molar-refractivity contribution >= 4 is 38.6 Å². The van der Waals surface area contributed by atoms with Crippen LogP contribution in [0.1, 0.15) is 0 Å². The smallest absolute Gasteiger partial charge is 0.296 e. The molecule has 0 atom stereocenters. The lowest BCUT2D eigenvalue weighted by molar-refractivity contribution is -0.383. The van der Waals surface area contributed by atoms with Crippen molar-refractivity contribution in [1.29, 1.82) is 0 Å². The number of benzene rings is 3. The molecule has 0 aliphatic rings. The maximum Gasteiger partial charge on any atom is 0.296 e. The van der Waals surface area contributed by atoms with Crippen molar-refractivity contribution in [2.45, 2.75) is 4.90 Å². The lowest BCUT2D eigenvalue weighted by Gasteiger charge is -2.17. The first kappa shape index (κ1) is 18.4. The largest absolute Gasteiger partial charge is 0.352 e. The average molecular weight is 385 g/mol. The fourth-order valence-corrected chi connectivity index (χ4v) is 3.17. The summed E-state index contributed by atoms with van der Waals surface area (Å²) >= 11 is 0. The van der Waals surface area contributed by atoms with Crippen molar-refractivity contribution in [1.82, 2.24) is 0 Å². The SMILES string of the molecule is O=[N+]([O-])c1ccc(S(=O)(=O)O)c(Nc2ccccc2)c1Nc1ccccc1. The summed E-state index contributed by atoms with van der Waals surface area (Å²) in [6.45, 7) is 0. The third-order valence-electron chi connectivity index (χ3n) is 3.71. The molecule has 3 rings (SSSR count). The molecule has 0 saturated heterocycles. The van der Waals surface area contributed by atoms with E-state index in [4.69, 9.17) is 0 Å². The third kappa shape index (κ3) is 4.22. The van der Waals surface area contributed by atoms with Crippen LogP contribution in [-0.2, 0) is 10.1 Å². The molecule has 0 aromatic heterocycles. The van der Waals surface area contributed by atoms with Crippen molar-refractivity contribution in [2.75, 3.05) is 10.6 Å². The number of nitro groups is 1. The Morgan fingerprint density at radius 3 is 1.70 bits per heavy atom. The zero-order valence-electron chi connectivity index (χ0n) is 13.9. The van der Waals surface area contributed by atoms with Gasteiger partial charge in [0.1, 0.15) is 10.6 Å². The van der Waals surface area contributed by atoms with Gasteiger partial charge in [-0.05, 0) is 30.3 Å². The Kier molecular flexibility index (Phi) is 5.06. The van der Waals surface area contributed by atoms with Gasteiger partial charge in [-0.25, -0.2) is 0 Å². The molecule has 3 aromatic carbocycles. The summed E-state index contributed by atoms with van der Waals surface area (Å²) in [6.07, 6.45) is 0. The zero-order valence-corrected chi connectivity index (χ0v) is 14.7. The number of anilines is 4. The van der Waals surface area contributed by atoms with Crippen molar-refractivity contribution in [3.8, 4) is 0 Å². The Hall–Kier alpha value is -3.43. The average Bonchev–Trinajstić information content (AvgIpc) is 2.63. The molecule has 3 N–H and O–H groups in total. The molecule has 0 aliphatic carbocycles. The molecular formula is C18H15N3O5S. The van der Waals surface area contributed by atoms with Crippen LogP contribution in [0.25, 0.3) is 0 Å². The highest BCUT2D eigenvalue weighted by Gasteiger charge is 2.26. The van der Waals surface area contributed by atoms with E-state index < -0.39 is 19.9 Å². The standard InChI is InChI=1S/C18H15N3O5S/c22-21(23)15-11-12-16(27(24,25)26)18(20-14-9-5-2-6-10-14)17(15)19-13-7-3-1-4-8-13/h1-12,19-20H,(H,24,25,26). The van der Waals surface area contributed by atoms with E-state index in [1.165, 1.54) is 0 Å². The van der Waals surface area contributed by atoms with E-state index in [0.717, 1.165) is 12.1 Å². The maximum absolute atomic E-state index is 11.8. The highest BCUT2D eigenvalue weighted by Crippen LogP contribution is 2.41. The monoisotopic (exact) mass is 385 g/mol. The fraction of sp³-hybridized carbons (Fsp3) is 0. The summed E-state index contributed by atoms with van der Waals surface area (Å²) in [6, 6.07) is 19.1. The van der Waals surface area contributed by atoms with E-state index in [-0.39, 0.29) is 17.1 Å². The van der Waals surface area contributed by atoms with Crippen LogP contribution in [0.15, 0.2) is 77.7 Å². The number of nitrogens with zero attached hydrogens (tertiary/aromatic N) is 1. The van der Waals surface area contributed by atoms with E-state index in [2.05, 4.69) is 10.6 Å². The van der Waals surface area contributed by atoms with E-state index in [1.54, 1.807) is 60.7 Å². The number of hydrogen-bond donors (Lipinski definition) is 3. The van der Waals surface area contributed by atoms with Gasteiger partial charge in [-0.3, -0.25) is 14.7 Å². The predicted octanol–water partition coefficient (Wildman–Crippen LogP) is 4.33. The van der Waals surface area contributed by atoms with E-state index in [1.807, 2.05) is 0 Å². The van der Waals surface area contributed by atoms with Gasteiger partial charge in [0, 0.05) is 17.4 Å². The van der Waals surface area contributed by atoms with E-state index in [9.17, 15) is 23.1 Å². The topological polar surface area (TPSA) is 122 Å². The Bertz CT molecular complexity index is 1070. The molecule has 138 valence electrons. The van der Waals surface area contributed by atoms with Crippen LogP contribution in [-0.4, -0.2) is 17.9 Å². The summed E-state index contributed by atoms with van der Waals surface area (Å²) in [5, 5.41) is 17.2. The second-order valence-electron chi connectivity index (χ2n) is 5.55. The normalized spacial score (nSPS) is 11.0. The van der Waals surface area contributed by atoms with Crippen LogP contribution in [0.3, 0.4) is 0 Å². The van der Waals surface area contributed by atoms with Gasteiger partial charge in [-0.15, -0.1) is 0 Å². The lowest BCUT2D eigenvalue weighted by Crippen LogP contribution is -2.08. The van der Waals surface area contributed by atoms with Crippen molar-refractivity contribution < 1.29 is 17.9 Å². The molecule has 0 spiro atoms. The van der Waals surface area contributed by atoms with E-state index in [0.29, 0.717) is 11.4 Å². The third-order valence-corrected chi connectivity index (χ3v) is 4.60. The quantitative estimate of drug-likeness (QED) is 0.328. The van der Waals surface area contributed by atoms with Crippen molar-refractivity contribution in [2.24, 2.45) is 0 Å². The molecule has 0 fully saturated rings. The lowest BCUT2D eigenvalue weighted by atomic mass is 10.2. The molecule has 0 unspecified atom stereocenters. The van der Waals surface area contributed by atoms with Gasteiger partial charge in [0.2, 0.25) is 0 Å². The molecule has 3 aromatic rings. The molecule has 0 amide bonds. The molecule has 8 nitrogen and oxygen atoms in total. The van der Waals surface area contributed by atoms with Crippen LogP contribution in [0, 0.1) is 10.1 Å². The molecule has 9 heteroatoms. The minimum atomic E-state index is -4.64. The number of hydrogen-bond acceptors (Lipinski definition) is 6. The van der Waals surface area contributed by atoms with Gasteiger partial charge in [0.25, 0.3) is 15.8 Å². The molecule has 0 saturated carbocycles. The summed E-state index contributed by atoms with van der Waals surface area (Å²) < 4.78 is 33.3. The fourth-order valence-electron chi connectivity index (χ4n) is 2.52. The summed E-state index contributed by atoms with van der Waals surface area (Å²) in [5.74, 6) is 0. The molecule has 27 heavy (non-hydrogen) atoms. The maximum atomic E-state index is 11.8. The summed E-state index contributed by atoms with van der Waals surface area (Å²) in [5.41, 5.74) is 0.472. The van der Waals surface area contributed by atoms with Gasteiger partial charge >= 0.3 is 0 Å². The van der Waals surface area contributed by atoms with Crippen LogP contribution in [0.5, 0.6) is 0 Å². The van der Waals surface area contributed by atoms with Crippen LogP contribution < -0.4 is 10.6 Å². The van der Waals surface area contributed by atoms with Gasteiger partial charge in [0.05, 0.1) is 10.6 Å². The Morgan fingerprint density at radius 1 is 0.778 bits per heavy atom. The highest BCUT2D eigenvalue weighted by molar-refractivity contribution is 7.86. The molecule has 0 heterocycles. The van der Waals surface area contributed by atoms with Gasteiger partial charge in [-0.1, -0.05) is 36.4 Å². The molecule has 0 radical (unpaired) electrons. The molecule has 0 aliphatic heterocycles. The van der Waals surface area contributed by atoms with Crippen LogP contribution in [0.4, 0.5) is 28.4 Å². The minimum absolute atomic E-state index is 0.0785. The summed E-state index contributed by atoms with van der Waals surface area (Å²) in [7, 11) is -4.64. The Balaban J connectivity index is 2.24. The van der Waals surface area contributed by atoms with Crippen LogP contribution in [0.2, 0.25) is 0 Å². The van der Waals surface area contributed by atoms with Crippen molar-refractivity contribution in [3.63, 3.8) is 0 Å². The highest BCUT2D eigenvalue weighted by atomic mass is 32.2. The zero-order chi connectivity index (χ0) is 19.4. The number of para-hydroxylation sites is 2. The number of rotatable bonds is 6. The van der Waals surface area contributed by atoms with Crippen LogP contribution >= 0.6 is 0 Å².